The monoisotopic (exact) mass is 194 g/mol. The Balaban J connectivity index is 2.60. The molecule has 0 saturated heterocycles. The lowest BCUT2D eigenvalue weighted by Gasteiger charge is -2.03. The first-order valence-electron chi connectivity index (χ1n) is 4.31. The molecule has 2 heteroatoms. The number of thioether (sulfide) groups is 1. The summed E-state index contributed by atoms with van der Waals surface area (Å²) in [5.41, 5.74) is 3.90. The molecule has 13 heavy (non-hydrogen) atoms. The first-order valence-corrected chi connectivity index (χ1v) is 5.46. The molecule has 0 unspecified atom stereocenters. The fourth-order valence-electron chi connectivity index (χ4n) is 1.38. The molecule has 1 nitrogen and oxygen atoms in total. The van der Waals surface area contributed by atoms with Crippen LogP contribution in [0.1, 0.15) is 16.7 Å². The maximum atomic E-state index is 10.1. The number of hydrogen-bond donors (Lipinski definition) is 0. The van der Waals surface area contributed by atoms with Crippen molar-refractivity contribution in [1.29, 1.82) is 0 Å². The van der Waals surface area contributed by atoms with E-state index in [9.17, 15) is 4.79 Å². The number of carbonyl (C=O) groups excluding carboxylic acids is 1. The number of aryl methyl sites for hydroxylation is 2. The van der Waals surface area contributed by atoms with Gasteiger partial charge >= 0.3 is 0 Å². The van der Waals surface area contributed by atoms with E-state index in [0.29, 0.717) is 5.75 Å². The van der Waals surface area contributed by atoms with Crippen molar-refractivity contribution in [2.24, 2.45) is 0 Å². The van der Waals surface area contributed by atoms with Crippen molar-refractivity contribution in [2.45, 2.75) is 19.6 Å². The molecule has 0 aliphatic heterocycles. The van der Waals surface area contributed by atoms with Gasteiger partial charge in [-0.25, -0.2) is 0 Å². The predicted molar refractivity (Wildman–Crippen MR) is 58.1 cm³/mol. The summed E-state index contributed by atoms with van der Waals surface area (Å²) in [5, 5.41) is 0. The second kappa shape index (κ2) is 5.07. The second-order valence-corrected chi connectivity index (χ2v) is 4.21. The van der Waals surface area contributed by atoms with Crippen molar-refractivity contribution in [1.82, 2.24) is 0 Å². The topological polar surface area (TPSA) is 17.1 Å². The molecule has 70 valence electrons. The number of benzene rings is 1. The smallest absolute Gasteiger partial charge is 0.129 e. The van der Waals surface area contributed by atoms with Gasteiger partial charge in [-0.3, -0.25) is 0 Å². The van der Waals surface area contributed by atoms with Crippen molar-refractivity contribution < 1.29 is 4.79 Å². The van der Waals surface area contributed by atoms with E-state index in [1.54, 1.807) is 11.8 Å². The number of rotatable bonds is 4. The highest BCUT2D eigenvalue weighted by Crippen LogP contribution is 2.14. The van der Waals surface area contributed by atoms with E-state index in [0.717, 1.165) is 12.0 Å². The van der Waals surface area contributed by atoms with Crippen molar-refractivity contribution in [3.8, 4) is 0 Å². The van der Waals surface area contributed by atoms with Crippen molar-refractivity contribution in [3.63, 3.8) is 0 Å². The summed E-state index contributed by atoms with van der Waals surface area (Å²) in [6.45, 7) is 4.20. The molecule has 0 radical (unpaired) electrons. The fraction of sp³-hybridized carbons (Fsp3) is 0.364. The Morgan fingerprint density at radius 1 is 1.23 bits per heavy atom. The summed E-state index contributed by atoms with van der Waals surface area (Å²) in [6, 6.07) is 6.50. The summed E-state index contributed by atoms with van der Waals surface area (Å²) < 4.78 is 0. The molecule has 0 bridgehead atoms. The van der Waals surface area contributed by atoms with Crippen molar-refractivity contribution in [3.05, 3.63) is 34.9 Å². The van der Waals surface area contributed by atoms with Gasteiger partial charge in [0.2, 0.25) is 0 Å². The molecule has 1 rings (SSSR count). The molecule has 0 aromatic heterocycles. The van der Waals surface area contributed by atoms with Gasteiger partial charge in [0.25, 0.3) is 0 Å². The van der Waals surface area contributed by atoms with Gasteiger partial charge in [-0.05, 0) is 19.4 Å². The van der Waals surface area contributed by atoms with Crippen LogP contribution in [0.2, 0.25) is 0 Å². The van der Waals surface area contributed by atoms with Gasteiger partial charge in [0.1, 0.15) is 6.29 Å². The third kappa shape index (κ3) is 3.64. The Morgan fingerprint density at radius 2 is 1.85 bits per heavy atom. The second-order valence-electron chi connectivity index (χ2n) is 3.18. The third-order valence-electron chi connectivity index (χ3n) is 1.74. The Morgan fingerprint density at radius 3 is 2.38 bits per heavy atom. The van der Waals surface area contributed by atoms with E-state index in [-0.39, 0.29) is 0 Å². The Kier molecular flexibility index (Phi) is 4.03. The Hall–Kier alpha value is -0.760. The third-order valence-corrected chi connectivity index (χ3v) is 2.65. The molecular weight excluding hydrogens is 180 g/mol. The van der Waals surface area contributed by atoms with Crippen LogP contribution in [0.4, 0.5) is 0 Å². The number of carbonyl (C=O) groups is 1. The highest BCUT2D eigenvalue weighted by atomic mass is 32.2. The standard InChI is InChI=1S/C11H14OS/c1-9-5-10(2)7-11(6-9)8-13-4-3-12/h3,5-7H,4,8H2,1-2H3. The molecule has 0 spiro atoms. The largest absolute Gasteiger partial charge is 0.302 e. The summed E-state index contributed by atoms with van der Waals surface area (Å²) in [6.07, 6.45) is 0.952. The Bertz CT molecular complexity index is 274. The van der Waals surface area contributed by atoms with Gasteiger partial charge < -0.3 is 4.79 Å². The highest BCUT2D eigenvalue weighted by molar-refractivity contribution is 7.99. The quantitative estimate of drug-likeness (QED) is 0.541. The average Bonchev–Trinajstić information content (AvgIpc) is 2.03. The van der Waals surface area contributed by atoms with Gasteiger partial charge in [0.05, 0.1) is 0 Å². The van der Waals surface area contributed by atoms with E-state index in [2.05, 4.69) is 32.0 Å². The van der Waals surface area contributed by atoms with Gasteiger partial charge in [0.15, 0.2) is 0 Å². The van der Waals surface area contributed by atoms with Crippen LogP contribution in [-0.4, -0.2) is 12.0 Å². The summed E-state index contributed by atoms with van der Waals surface area (Å²) in [5.74, 6) is 1.52. The lowest BCUT2D eigenvalue weighted by atomic mass is 10.1. The highest BCUT2D eigenvalue weighted by Gasteiger charge is 1.95. The van der Waals surface area contributed by atoms with E-state index in [4.69, 9.17) is 0 Å². The lowest BCUT2D eigenvalue weighted by Crippen LogP contribution is -1.87. The molecule has 0 aliphatic carbocycles. The zero-order valence-corrected chi connectivity index (χ0v) is 8.86. The molecule has 0 saturated carbocycles. The van der Waals surface area contributed by atoms with Gasteiger partial charge in [0, 0.05) is 11.5 Å². The summed E-state index contributed by atoms with van der Waals surface area (Å²) in [7, 11) is 0. The lowest BCUT2D eigenvalue weighted by molar-refractivity contribution is -0.105. The molecule has 0 atom stereocenters. The molecule has 0 fully saturated rings. The average molecular weight is 194 g/mol. The van der Waals surface area contributed by atoms with Crippen LogP contribution in [0.5, 0.6) is 0 Å². The first-order chi connectivity index (χ1) is 6.22. The van der Waals surface area contributed by atoms with Crippen LogP contribution >= 0.6 is 11.8 Å². The van der Waals surface area contributed by atoms with E-state index in [1.807, 2.05) is 0 Å². The zero-order valence-electron chi connectivity index (χ0n) is 8.04. The SMILES string of the molecule is Cc1cc(C)cc(CSCC=O)c1. The maximum absolute atomic E-state index is 10.1. The molecule has 0 amide bonds. The van der Waals surface area contributed by atoms with E-state index in [1.165, 1.54) is 16.7 Å². The van der Waals surface area contributed by atoms with Gasteiger partial charge in [-0.1, -0.05) is 29.3 Å². The van der Waals surface area contributed by atoms with Crippen LogP contribution in [0.15, 0.2) is 18.2 Å². The van der Waals surface area contributed by atoms with Crippen LogP contribution in [-0.2, 0) is 10.5 Å². The molecule has 1 aromatic carbocycles. The molecule has 0 aliphatic rings. The molecule has 0 N–H and O–H groups in total. The molecule has 0 heterocycles. The first kappa shape index (κ1) is 10.3. The molecule has 1 aromatic rings. The minimum absolute atomic E-state index is 0.590. The van der Waals surface area contributed by atoms with Crippen LogP contribution in [0, 0.1) is 13.8 Å². The minimum atomic E-state index is 0.590. The van der Waals surface area contributed by atoms with Crippen LogP contribution in [0.3, 0.4) is 0 Å². The van der Waals surface area contributed by atoms with Crippen molar-refractivity contribution in [2.75, 3.05) is 5.75 Å². The summed E-state index contributed by atoms with van der Waals surface area (Å²) >= 11 is 1.66. The summed E-state index contributed by atoms with van der Waals surface area (Å²) in [4.78, 5) is 10.1. The normalized spacial score (nSPS) is 10.0. The van der Waals surface area contributed by atoms with Gasteiger partial charge in [-0.2, -0.15) is 0 Å². The van der Waals surface area contributed by atoms with Crippen LogP contribution < -0.4 is 0 Å². The van der Waals surface area contributed by atoms with E-state index < -0.39 is 0 Å². The predicted octanol–water partition coefficient (Wildman–Crippen LogP) is 2.74. The van der Waals surface area contributed by atoms with Crippen molar-refractivity contribution >= 4 is 18.0 Å². The Labute approximate surface area is 83.5 Å². The maximum Gasteiger partial charge on any atom is 0.129 e. The zero-order chi connectivity index (χ0) is 9.68. The molecular formula is C11H14OS. The van der Waals surface area contributed by atoms with E-state index >= 15 is 0 Å². The van der Waals surface area contributed by atoms with Gasteiger partial charge in [-0.15, -0.1) is 11.8 Å². The van der Waals surface area contributed by atoms with Crippen LogP contribution in [0.25, 0.3) is 0 Å². The fourth-order valence-corrected chi connectivity index (χ4v) is 1.99. The number of hydrogen-bond acceptors (Lipinski definition) is 2. The minimum Gasteiger partial charge on any atom is -0.302 e. The number of aldehydes is 1.